The average Bonchev–Trinajstić information content (AvgIpc) is 2.61. The van der Waals surface area contributed by atoms with Crippen LogP contribution >= 0.6 is 0 Å². The zero-order valence-electron chi connectivity index (χ0n) is 16.6. The smallest absolute Gasteiger partial charge is 0.224 e. The Morgan fingerprint density at radius 2 is 1.67 bits per heavy atom. The molecule has 0 atom stereocenters. The number of ketones is 1. The van der Waals surface area contributed by atoms with Crippen molar-refractivity contribution in [3.8, 4) is 0 Å². The van der Waals surface area contributed by atoms with Crippen LogP contribution in [0.15, 0.2) is 41.4 Å². The predicted octanol–water partition coefficient (Wildman–Crippen LogP) is 4.81. The lowest BCUT2D eigenvalue weighted by Crippen LogP contribution is -2.26. The summed E-state index contributed by atoms with van der Waals surface area (Å²) in [6.07, 6.45) is 0.417. The summed E-state index contributed by atoms with van der Waals surface area (Å²) < 4.78 is 0. The number of amides is 1. The molecule has 0 aliphatic heterocycles. The number of anilines is 1. The molecule has 0 unspecified atom stereocenters. The SMILES string of the molecule is CN=C1c2cccc(NC(=O)CC(C)C)c2C(=O)c2cccc(C(C)C)c21. The maximum atomic E-state index is 13.4. The van der Waals surface area contributed by atoms with Crippen LogP contribution in [0, 0.1) is 5.92 Å². The zero-order chi connectivity index (χ0) is 19.7. The summed E-state index contributed by atoms with van der Waals surface area (Å²) >= 11 is 0. The molecule has 4 heteroatoms. The summed E-state index contributed by atoms with van der Waals surface area (Å²) in [5, 5.41) is 2.93. The molecule has 0 spiro atoms. The molecule has 2 aromatic carbocycles. The topological polar surface area (TPSA) is 58.5 Å². The summed E-state index contributed by atoms with van der Waals surface area (Å²) in [6.45, 7) is 8.23. The number of aliphatic imine (C=N–C) groups is 1. The number of benzene rings is 2. The van der Waals surface area contributed by atoms with Gasteiger partial charge in [-0.2, -0.15) is 0 Å². The molecular weight excluding hydrogens is 336 g/mol. The summed E-state index contributed by atoms with van der Waals surface area (Å²) in [4.78, 5) is 30.2. The average molecular weight is 362 g/mol. The lowest BCUT2D eigenvalue weighted by molar-refractivity contribution is -0.116. The van der Waals surface area contributed by atoms with Crippen molar-refractivity contribution in [2.75, 3.05) is 12.4 Å². The molecule has 4 nitrogen and oxygen atoms in total. The van der Waals surface area contributed by atoms with Gasteiger partial charge in [0.1, 0.15) is 0 Å². The molecule has 0 bridgehead atoms. The Bertz CT molecular complexity index is 939. The van der Waals surface area contributed by atoms with Crippen molar-refractivity contribution in [3.63, 3.8) is 0 Å². The van der Waals surface area contributed by atoms with E-state index in [1.54, 1.807) is 13.1 Å². The van der Waals surface area contributed by atoms with E-state index in [1.807, 2.05) is 38.1 Å². The van der Waals surface area contributed by atoms with Gasteiger partial charge in [0, 0.05) is 30.2 Å². The van der Waals surface area contributed by atoms with Crippen molar-refractivity contribution in [3.05, 3.63) is 64.2 Å². The van der Waals surface area contributed by atoms with Gasteiger partial charge in [0.05, 0.1) is 17.0 Å². The molecule has 0 fully saturated rings. The molecule has 1 amide bonds. The molecular formula is C23H26N2O2. The largest absolute Gasteiger partial charge is 0.325 e. The van der Waals surface area contributed by atoms with Crippen molar-refractivity contribution in [1.29, 1.82) is 0 Å². The van der Waals surface area contributed by atoms with Crippen LogP contribution in [0.1, 0.15) is 72.6 Å². The molecule has 1 aliphatic rings. The van der Waals surface area contributed by atoms with Crippen LogP contribution in [0.4, 0.5) is 5.69 Å². The number of rotatable bonds is 4. The summed E-state index contributed by atoms with van der Waals surface area (Å²) in [5.41, 5.74) is 5.36. The Kier molecular flexibility index (Phi) is 5.26. The first-order chi connectivity index (χ1) is 12.8. The van der Waals surface area contributed by atoms with Crippen LogP contribution in [0.2, 0.25) is 0 Å². The fraction of sp³-hybridized carbons (Fsp3) is 0.348. The Hall–Kier alpha value is -2.75. The van der Waals surface area contributed by atoms with Gasteiger partial charge in [-0.1, -0.05) is 58.0 Å². The Morgan fingerprint density at radius 1 is 1.00 bits per heavy atom. The van der Waals surface area contributed by atoms with E-state index in [0.717, 1.165) is 22.4 Å². The summed E-state index contributed by atoms with van der Waals surface area (Å²) in [6, 6.07) is 11.4. The summed E-state index contributed by atoms with van der Waals surface area (Å²) in [7, 11) is 1.75. The third-order valence-electron chi connectivity index (χ3n) is 4.84. The highest BCUT2D eigenvalue weighted by atomic mass is 16.1. The van der Waals surface area contributed by atoms with E-state index >= 15 is 0 Å². The first kappa shape index (κ1) is 19.0. The first-order valence-corrected chi connectivity index (χ1v) is 9.43. The molecule has 0 aromatic heterocycles. The van der Waals surface area contributed by atoms with Gasteiger partial charge in [-0.05, 0) is 23.5 Å². The number of hydrogen-bond acceptors (Lipinski definition) is 3. The third-order valence-corrected chi connectivity index (χ3v) is 4.84. The van der Waals surface area contributed by atoms with E-state index in [4.69, 9.17) is 0 Å². The molecule has 0 heterocycles. The van der Waals surface area contributed by atoms with E-state index in [0.29, 0.717) is 23.2 Å². The van der Waals surface area contributed by atoms with Crippen molar-refractivity contribution in [2.24, 2.45) is 10.9 Å². The van der Waals surface area contributed by atoms with Crippen LogP contribution < -0.4 is 5.32 Å². The number of fused-ring (bicyclic) bond motifs is 2. The number of hydrogen-bond donors (Lipinski definition) is 1. The Morgan fingerprint density at radius 3 is 2.30 bits per heavy atom. The first-order valence-electron chi connectivity index (χ1n) is 9.43. The molecule has 1 aliphatic carbocycles. The minimum Gasteiger partial charge on any atom is -0.325 e. The zero-order valence-corrected chi connectivity index (χ0v) is 16.6. The second-order valence-electron chi connectivity index (χ2n) is 7.70. The van der Waals surface area contributed by atoms with Crippen LogP contribution in [-0.2, 0) is 4.79 Å². The van der Waals surface area contributed by atoms with Crippen LogP contribution in [0.25, 0.3) is 0 Å². The van der Waals surface area contributed by atoms with E-state index in [2.05, 4.69) is 30.2 Å². The predicted molar refractivity (Wildman–Crippen MR) is 110 cm³/mol. The van der Waals surface area contributed by atoms with Crippen LogP contribution in [0.3, 0.4) is 0 Å². The quantitative estimate of drug-likeness (QED) is 0.724. The van der Waals surface area contributed by atoms with Crippen molar-refractivity contribution in [1.82, 2.24) is 0 Å². The molecule has 0 saturated carbocycles. The molecule has 3 rings (SSSR count). The van der Waals surface area contributed by atoms with Gasteiger partial charge in [0.25, 0.3) is 0 Å². The number of nitrogens with zero attached hydrogens (tertiary/aromatic N) is 1. The van der Waals surface area contributed by atoms with Crippen LogP contribution in [-0.4, -0.2) is 24.4 Å². The minimum atomic E-state index is -0.0806. The van der Waals surface area contributed by atoms with Gasteiger partial charge in [0.2, 0.25) is 5.91 Å². The monoisotopic (exact) mass is 362 g/mol. The van der Waals surface area contributed by atoms with Gasteiger partial charge in [-0.25, -0.2) is 0 Å². The fourth-order valence-corrected chi connectivity index (χ4v) is 3.68. The van der Waals surface area contributed by atoms with E-state index in [9.17, 15) is 9.59 Å². The second-order valence-corrected chi connectivity index (χ2v) is 7.70. The van der Waals surface area contributed by atoms with Crippen molar-refractivity contribution < 1.29 is 9.59 Å². The number of carbonyl (C=O) groups is 2. The standard InChI is InChI=1S/C23H26N2O2/c1-13(2)12-19(26)25-18-11-7-9-16-21(18)23(27)17-10-6-8-15(14(3)4)20(17)22(16)24-5/h6-11,13-14H,12H2,1-5H3,(H,25,26). The van der Waals surface area contributed by atoms with Gasteiger partial charge < -0.3 is 5.32 Å². The molecule has 1 N–H and O–H groups in total. The van der Waals surface area contributed by atoms with Gasteiger partial charge in [-0.3, -0.25) is 14.6 Å². The van der Waals surface area contributed by atoms with E-state index in [1.165, 1.54) is 0 Å². The number of nitrogens with one attached hydrogen (secondary N) is 1. The highest BCUT2D eigenvalue weighted by Crippen LogP contribution is 2.36. The third kappa shape index (κ3) is 3.44. The molecule has 27 heavy (non-hydrogen) atoms. The maximum Gasteiger partial charge on any atom is 0.224 e. The fourth-order valence-electron chi connectivity index (χ4n) is 3.68. The van der Waals surface area contributed by atoms with Gasteiger partial charge >= 0.3 is 0 Å². The second kappa shape index (κ2) is 7.47. The Balaban J connectivity index is 2.17. The van der Waals surface area contributed by atoms with E-state index in [-0.39, 0.29) is 23.5 Å². The lowest BCUT2D eigenvalue weighted by atomic mass is 9.78. The van der Waals surface area contributed by atoms with Crippen molar-refractivity contribution >= 4 is 23.1 Å². The summed E-state index contributed by atoms with van der Waals surface area (Å²) in [5.74, 6) is 0.389. The molecule has 140 valence electrons. The molecule has 0 radical (unpaired) electrons. The maximum absolute atomic E-state index is 13.4. The number of carbonyl (C=O) groups excluding carboxylic acids is 2. The minimum absolute atomic E-state index is 0.0599. The van der Waals surface area contributed by atoms with Crippen molar-refractivity contribution in [2.45, 2.75) is 40.0 Å². The Labute approximate surface area is 160 Å². The molecule has 0 saturated heterocycles. The van der Waals surface area contributed by atoms with E-state index < -0.39 is 0 Å². The normalized spacial score (nSPS) is 14.5. The van der Waals surface area contributed by atoms with Crippen LogP contribution in [0.5, 0.6) is 0 Å². The van der Waals surface area contributed by atoms with Gasteiger partial charge in [0.15, 0.2) is 5.78 Å². The lowest BCUT2D eigenvalue weighted by Gasteiger charge is -2.26. The highest BCUT2D eigenvalue weighted by molar-refractivity contribution is 6.32. The molecule has 2 aromatic rings. The van der Waals surface area contributed by atoms with Gasteiger partial charge in [-0.15, -0.1) is 0 Å². The highest BCUT2D eigenvalue weighted by Gasteiger charge is 2.32.